The highest BCUT2D eigenvalue weighted by molar-refractivity contribution is 5.78. The summed E-state index contributed by atoms with van der Waals surface area (Å²) in [6.07, 6.45) is 0.369. The minimum atomic E-state index is 0.0686. The van der Waals surface area contributed by atoms with Gasteiger partial charge in [-0.3, -0.25) is 4.79 Å². The maximum absolute atomic E-state index is 12.5. The molecule has 0 aromatic heterocycles. The second-order valence-corrected chi connectivity index (χ2v) is 5.98. The van der Waals surface area contributed by atoms with Gasteiger partial charge < -0.3 is 19.1 Å². The fourth-order valence-corrected chi connectivity index (χ4v) is 2.73. The van der Waals surface area contributed by atoms with E-state index >= 15 is 0 Å². The van der Waals surface area contributed by atoms with Gasteiger partial charge in [-0.25, -0.2) is 0 Å². The van der Waals surface area contributed by atoms with Crippen molar-refractivity contribution in [3.63, 3.8) is 0 Å². The summed E-state index contributed by atoms with van der Waals surface area (Å²) < 4.78 is 16.5. The predicted octanol–water partition coefficient (Wildman–Crippen LogP) is 3.06. The molecule has 5 heteroatoms. The number of rotatable bonds is 6. The van der Waals surface area contributed by atoms with Gasteiger partial charge >= 0.3 is 0 Å². The van der Waals surface area contributed by atoms with Crippen molar-refractivity contribution in [2.24, 2.45) is 0 Å². The number of hydrogen-bond acceptors (Lipinski definition) is 4. The molecule has 1 aliphatic rings. The monoisotopic (exact) mass is 341 g/mol. The number of carbonyl (C=O) groups excluding carboxylic acids is 1. The molecule has 0 atom stereocenters. The predicted molar refractivity (Wildman–Crippen MR) is 95.2 cm³/mol. The number of hydrogen-bond donors (Lipinski definition) is 0. The number of ether oxygens (including phenoxy) is 3. The van der Waals surface area contributed by atoms with Gasteiger partial charge in [0.05, 0.1) is 13.0 Å². The molecule has 0 N–H and O–H groups in total. The van der Waals surface area contributed by atoms with Crippen LogP contribution < -0.4 is 14.2 Å². The van der Waals surface area contributed by atoms with E-state index in [9.17, 15) is 4.79 Å². The Balaban J connectivity index is 1.58. The van der Waals surface area contributed by atoms with Crippen LogP contribution in [0.2, 0.25) is 0 Å². The molecule has 0 saturated heterocycles. The van der Waals surface area contributed by atoms with E-state index in [4.69, 9.17) is 14.2 Å². The van der Waals surface area contributed by atoms with Crippen molar-refractivity contribution in [1.29, 1.82) is 0 Å². The molecule has 132 valence electrons. The number of likely N-dealkylation sites (N-methyl/N-ethyl adjacent to an activating group) is 1. The normalized spacial score (nSPS) is 12.6. The van der Waals surface area contributed by atoms with Crippen molar-refractivity contribution in [3.05, 3.63) is 53.6 Å². The first kappa shape index (κ1) is 17.1. The first-order valence-corrected chi connectivity index (χ1v) is 8.50. The lowest BCUT2D eigenvalue weighted by Crippen LogP contribution is -2.27. The van der Waals surface area contributed by atoms with Gasteiger partial charge in [0.15, 0.2) is 11.5 Å². The number of amides is 1. The van der Waals surface area contributed by atoms with Crippen molar-refractivity contribution in [2.45, 2.75) is 19.9 Å². The van der Waals surface area contributed by atoms with Gasteiger partial charge in [0.2, 0.25) is 5.91 Å². The quantitative estimate of drug-likeness (QED) is 0.810. The van der Waals surface area contributed by atoms with Crippen molar-refractivity contribution in [1.82, 2.24) is 4.90 Å². The van der Waals surface area contributed by atoms with Crippen LogP contribution in [0.4, 0.5) is 0 Å². The molecule has 0 aliphatic carbocycles. The molecular weight excluding hydrogens is 318 g/mol. The Morgan fingerprint density at radius 3 is 2.44 bits per heavy atom. The molecule has 2 aromatic rings. The molecule has 1 amide bonds. The van der Waals surface area contributed by atoms with Crippen molar-refractivity contribution >= 4 is 5.91 Å². The van der Waals surface area contributed by atoms with E-state index in [1.165, 1.54) is 0 Å². The standard InChI is InChI=1S/C20H23NO4/c1-3-23-17-7-4-15(5-8-17)13-20(22)21(2)14-16-6-9-18-19(12-16)25-11-10-24-18/h4-9,12H,3,10-11,13-14H2,1-2H3. The van der Waals surface area contributed by atoms with E-state index in [1.54, 1.807) is 4.90 Å². The van der Waals surface area contributed by atoms with Crippen molar-refractivity contribution in [3.8, 4) is 17.2 Å². The van der Waals surface area contributed by atoms with Gasteiger partial charge in [-0.1, -0.05) is 18.2 Å². The van der Waals surface area contributed by atoms with Crippen LogP contribution in [0.15, 0.2) is 42.5 Å². The average molecular weight is 341 g/mol. The number of benzene rings is 2. The zero-order valence-corrected chi connectivity index (χ0v) is 14.7. The Kier molecular flexibility index (Phi) is 5.43. The second kappa shape index (κ2) is 7.92. The molecule has 5 nitrogen and oxygen atoms in total. The highest BCUT2D eigenvalue weighted by Crippen LogP contribution is 2.31. The molecule has 0 radical (unpaired) electrons. The smallest absolute Gasteiger partial charge is 0.227 e. The molecule has 0 fully saturated rings. The van der Waals surface area contributed by atoms with Crippen LogP contribution in [0.1, 0.15) is 18.1 Å². The number of nitrogens with zero attached hydrogens (tertiary/aromatic N) is 1. The Morgan fingerprint density at radius 1 is 1.04 bits per heavy atom. The van der Waals surface area contributed by atoms with E-state index in [1.807, 2.05) is 56.4 Å². The van der Waals surface area contributed by atoms with Crippen LogP contribution in [-0.4, -0.2) is 37.7 Å². The fraction of sp³-hybridized carbons (Fsp3) is 0.350. The summed E-state index contributed by atoms with van der Waals surface area (Å²) in [5.74, 6) is 2.40. The molecule has 0 saturated carbocycles. The molecule has 1 heterocycles. The molecule has 0 bridgehead atoms. The van der Waals surface area contributed by atoms with Crippen LogP contribution in [0.3, 0.4) is 0 Å². The van der Waals surface area contributed by atoms with Gasteiger partial charge in [-0.15, -0.1) is 0 Å². The molecular formula is C20H23NO4. The van der Waals surface area contributed by atoms with Gasteiger partial charge in [0.25, 0.3) is 0 Å². The summed E-state index contributed by atoms with van der Waals surface area (Å²) in [7, 11) is 1.81. The third-order valence-corrected chi connectivity index (χ3v) is 4.04. The first-order chi connectivity index (χ1) is 12.2. The van der Waals surface area contributed by atoms with Crippen molar-refractivity contribution in [2.75, 3.05) is 26.9 Å². The zero-order chi connectivity index (χ0) is 17.6. The van der Waals surface area contributed by atoms with Crippen LogP contribution in [-0.2, 0) is 17.8 Å². The third-order valence-electron chi connectivity index (χ3n) is 4.04. The van der Waals surface area contributed by atoms with Crippen LogP contribution in [0.5, 0.6) is 17.2 Å². The summed E-state index contributed by atoms with van der Waals surface area (Å²) in [5, 5.41) is 0. The van der Waals surface area contributed by atoms with Gasteiger partial charge in [-0.05, 0) is 42.3 Å². The molecule has 1 aliphatic heterocycles. The van der Waals surface area contributed by atoms with E-state index in [0.717, 1.165) is 28.4 Å². The topological polar surface area (TPSA) is 48.0 Å². The SMILES string of the molecule is CCOc1ccc(CC(=O)N(C)Cc2ccc3c(c2)OCCO3)cc1. The molecule has 3 rings (SSSR count). The minimum Gasteiger partial charge on any atom is -0.494 e. The van der Waals surface area contributed by atoms with E-state index in [-0.39, 0.29) is 5.91 Å². The van der Waals surface area contributed by atoms with Crippen molar-refractivity contribution < 1.29 is 19.0 Å². The minimum absolute atomic E-state index is 0.0686. The average Bonchev–Trinajstić information content (AvgIpc) is 2.63. The number of fused-ring (bicyclic) bond motifs is 1. The zero-order valence-electron chi connectivity index (χ0n) is 14.7. The summed E-state index contributed by atoms with van der Waals surface area (Å²) in [6.45, 7) is 4.25. The lowest BCUT2D eigenvalue weighted by molar-refractivity contribution is -0.129. The van der Waals surface area contributed by atoms with Gasteiger partial charge in [0, 0.05) is 13.6 Å². The lowest BCUT2D eigenvalue weighted by atomic mass is 10.1. The molecule has 25 heavy (non-hydrogen) atoms. The first-order valence-electron chi connectivity index (χ1n) is 8.50. The van der Waals surface area contributed by atoms with E-state index in [0.29, 0.717) is 32.8 Å². The fourth-order valence-electron chi connectivity index (χ4n) is 2.73. The maximum Gasteiger partial charge on any atom is 0.227 e. The van der Waals surface area contributed by atoms with Gasteiger partial charge in [-0.2, -0.15) is 0 Å². The molecule has 0 unspecified atom stereocenters. The largest absolute Gasteiger partial charge is 0.494 e. The van der Waals surface area contributed by atoms with Crippen LogP contribution >= 0.6 is 0 Å². The summed E-state index contributed by atoms with van der Waals surface area (Å²) in [6, 6.07) is 13.5. The summed E-state index contributed by atoms with van der Waals surface area (Å²) in [4.78, 5) is 14.2. The maximum atomic E-state index is 12.5. The number of carbonyl (C=O) groups is 1. The van der Waals surface area contributed by atoms with Crippen LogP contribution in [0.25, 0.3) is 0 Å². The second-order valence-electron chi connectivity index (χ2n) is 5.98. The molecule has 0 spiro atoms. The Hall–Kier alpha value is -2.69. The molecule has 2 aromatic carbocycles. The summed E-state index contributed by atoms with van der Waals surface area (Å²) >= 11 is 0. The summed E-state index contributed by atoms with van der Waals surface area (Å²) in [5.41, 5.74) is 1.99. The van der Waals surface area contributed by atoms with Gasteiger partial charge in [0.1, 0.15) is 19.0 Å². The van der Waals surface area contributed by atoms with E-state index < -0.39 is 0 Å². The Labute approximate surface area is 148 Å². The third kappa shape index (κ3) is 4.44. The highest BCUT2D eigenvalue weighted by Gasteiger charge is 2.14. The Bertz CT molecular complexity index is 727. The Morgan fingerprint density at radius 2 is 1.72 bits per heavy atom. The van der Waals surface area contributed by atoms with Crippen LogP contribution in [0, 0.1) is 0 Å². The highest BCUT2D eigenvalue weighted by atomic mass is 16.6. The lowest BCUT2D eigenvalue weighted by Gasteiger charge is -2.21. The van der Waals surface area contributed by atoms with E-state index in [2.05, 4.69) is 0 Å².